The molecule has 0 aliphatic heterocycles. The summed E-state index contributed by atoms with van der Waals surface area (Å²) < 4.78 is 0. The van der Waals surface area contributed by atoms with Gasteiger partial charge in [-0.25, -0.2) is 0 Å². The molecule has 4 fully saturated rings. The third-order valence-electron chi connectivity index (χ3n) is 11.6. The van der Waals surface area contributed by atoms with E-state index < -0.39 is 29.3 Å². The maximum absolute atomic E-state index is 13.3. The molecular weight excluding hydrogens is 416 g/mol. The average Bonchev–Trinajstić information content (AvgIpc) is 3.05. The molecule has 12 atom stereocenters. The Morgan fingerprint density at radius 1 is 1.00 bits per heavy atom. The Labute approximate surface area is 200 Å². The lowest BCUT2D eigenvalue weighted by atomic mass is 9.41. The molecule has 190 valence electrons. The molecule has 33 heavy (non-hydrogen) atoms. The van der Waals surface area contributed by atoms with Crippen LogP contribution in [0, 0.1) is 52.3 Å². The summed E-state index contributed by atoms with van der Waals surface area (Å²) in [6.45, 7) is 13.4. The number of rotatable bonds is 5. The third kappa shape index (κ3) is 3.67. The van der Waals surface area contributed by atoms with E-state index in [2.05, 4.69) is 34.6 Å². The Morgan fingerprint density at radius 3 is 2.30 bits per heavy atom. The average molecular weight is 465 g/mol. The van der Waals surface area contributed by atoms with Crippen LogP contribution >= 0.6 is 0 Å². The van der Waals surface area contributed by atoms with Crippen LogP contribution in [0.1, 0.15) is 92.9 Å². The molecule has 0 radical (unpaired) electrons. The minimum Gasteiger partial charge on any atom is -0.393 e. The first-order valence-corrected chi connectivity index (χ1v) is 13.6. The van der Waals surface area contributed by atoms with Crippen molar-refractivity contribution in [3.8, 4) is 0 Å². The van der Waals surface area contributed by atoms with E-state index in [0.29, 0.717) is 42.4 Å². The van der Waals surface area contributed by atoms with Gasteiger partial charge in [-0.3, -0.25) is 4.79 Å². The van der Waals surface area contributed by atoms with Crippen molar-refractivity contribution in [1.29, 1.82) is 0 Å². The van der Waals surface area contributed by atoms with E-state index in [0.717, 1.165) is 12.8 Å². The van der Waals surface area contributed by atoms with Crippen LogP contribution in [-0.4, -0.2) is 50.1 Å². The number of fused-ring (bicyclic) bond motifs is 5. The fraction of sp³-hybridized carbons (Fsp3) is 0.964. The van der Waals surface area contributed by atoms with Crippen molar-refractivity contribution >= 4 is 5.78 Å². The zero-order valence-electron chi connectivity index (χ0n) is 21.6. The number of carbonyl (C=O) groups excluding carboxylic acids is 1. The van der Waals surface area contributed by atoms with Crippen LogP contribution < -0.4 is 0 Å². The van der Waals surface area contributed by atoms with Gasteiger partial charge >= 0.3 is 0 Å². The van der Waals surface area contributed by atoms with Gasteiger partial charge in [0.15, 0.2) is 0 Å². The highest BCUT2D eigenvalue weighted by molar-refractivity contribution is 5.88. The highest BCUT2D eigenvalue weighted by Gasteiger charge is 2.72. The van der Waals surface area contributed by atoms with Gasteiger partial charge in [-0.05, 0) is 73.5 Å². The SMILES string of the molecule is CC(C)C(C)CCC(C)C1CCC2C3CC(O)C4(O)CC(O)CC(=O)C4(C)C3C(O)CC12C. The quantitative estimate of drug-likeness (QED) is 0.494. The molecule has 5 nitrogen and oxygen atoms in total. The Balaban J connectivity index is 1.61. The monoisotopic (exact) mass is 464 g/mol. The van der Waals surface area contributed by atoms with Gasteiger partial charge < -0.3 is 20.4 Å². The van der Waals surface area contributed by atoms with Crippen LogP contribution in [0.15, 0.2) is 0 Å². The lowest BCUT2D eigenvalue weighted by Gasteiger charge is -2.65. The number of hydrogen-bond acceptors (Lipinski definition) is 5. The minimum absolute atomic E-state index is 0.00196. The summed E-state index contributed by atoms with van der Waals surface area (Å²) in [5.41, 5.74) is -2.90. The van der Waals surface area contributed by atoms with Gasteiger partial charge in [0.1, 0.15) is 11.4 Å². The van der Waals surface area contributed by atoms with Crippen molar-refractivity contribution in [2.75, 3.05) is 0 Å². The van der Waals surface area contributed by atoms with Crippen LogP contribution in [0.2, 0.25) is 0 Å². The maximum atomic E-state index is 13.3. The van der Waals surface area contributed by atoms with Crippen LogP contribution in [0.4, 0.5) is 0 Å². The number of aliphatic hydroxyl groups excluding tert-OH is 3. The van der Waals surface area contributed by atoms with Crippen LogP contribution in [0.5, 0.6) is 0 Å². The lowest BCUT2D eigenvalue weighted by Crippen LogP contribution is -2.73. The summed E-state index contributed by atoms with van der Waals surface area (Å²) in [6, 6.07) is 0. The van der Waals surface area contributed by atoms with Crippen LogP contribution in [0.25, 0.3) is 0 Å². The van der Waals surface area contributed by atoms with Gasteiger partial charge in [0.25, 0.3) is 0 Å². The van der Waals surface area contributed by atoms with E-state index in [9.17, 15) is 25.2 Å². The van der Waals surface area contributed by atoms with Crippen LogP contribution in [0.3, 0.4) is 0 Å². The summed E-state index contributed by atoms with van der Waals surface area (Å²) >= 11 is 0. The fourth-order valence-electron chi connectivity index (χ4n) is 9.25. The molecule has 0 amide bonds. The molecule has 5 heteroatoms. The Hall–Kier alpha value is -0.490. The second-order valence-electron chi connectivity index (χ2n) is 13.4. The highest BCUT2D eigenvalue weighted by atomic mass is 16.3. The standard InChI is InChI=1S/C28H48O5/c1-15(2)16(3)7-8-17(4)20-9-10-21-19-12-24(32)28(33)13-18(29)11-23(31)27(28,6)25(19)22(30)14-26(20,21)5/h15-22,24-25,29-30,32-33H,7-14H2,1-6H3. The van der Waals surface area contributed by atoms with Crippen molar-refractivity contribution in [2.24, 2.45) is 52.3 Å². The largest absolute Gasteiger partial charge is 0.393 e. The highest BCUT2D eigenvalue weighted by Crippen LogP contribution is 2.68. The molecule has 4 aliphatic rings. The Kier molecular flexibility index (Phi) is 6.65. The van der Waals surface area contributed by atoms with Gasteiger partial charge in [-0.1, -0.05) is 47.5 Å². The van der Waals surface area contributed by atoms with Gasteiger partial charge in [-0.2, -0.15) is 0 Å². The van der Waals surface area contributed by atoms with Gasteiger partial charge in [0.05, 0.1) is 23.7 Å². The summed E-state index contributed by atoms with van der Waals surface area (Å²) in [4.78, 5) is 13.3. The number of carbonyl (C=O) groups is 1. The molecule has 12 unspecified atom stereocenters. The van der Waals surface area contributed by atoms with E-state index in [1.54, 1.807) is 6.92 Å². The molecule has 0 aromatic heterocycles. The van der Waals surface area contributed by atoms with E-state index >= 15 is 0 Å². The first-order valence-electron chi connectivity index (χ1n) is 13.6. The van der Waals surface area contributed by atoms with Gasteiger partial charge in [-0.15, -0.1) is 0 Å². The van der Waals surface area contributed by atoms with Crippen molar-refractivity contribution in [3.63, 3.8) is 0 Å². The number of Topliss-reactive ketones (excluding diaryl/α,β-unsaturated/α-hetero) is 1. The second-order valence-corrected chi connectivity index (χ2v) is 13.4. The lowest BCUT2D eigenvalue weighted by molar-refractivity contribution is -0.268. The van der Waals surface area contributed by atoms with Crippen molar-refractivity contribution in [1.82, 2.24) is 0 Å². The molecule has 0 aromatic carbocycles. The molecule has 4 aliphatic carbocycles. The van der Waals surface area contributed by atoms with Gasteiger partial charge in [0, 0.05) is 18.8 Å². The number of ketones is 1. The summed E-state index contributed by atoms with van der Waals surface area (Å²) in [5.74, 6) is 2.31. The van der Waals surface area contributed by atoms with Crippen molar-refractivity contribution in [2.45, 2.75) is 117 Å². The fourth-order valence-corrected chi connectivity index (χ4v) is 9.25. The topological polar surface area (TPSA) is 98.0 Å². The zero-order chi connectivity index (χ0) is 24.5. The Morgan fingerprint density at radius 2 is 1.67 bits per heavy atom. The summed E-state index contributed by atoms with van der Waals surface area (Å²) in [6.07, 6.45) is 3.03. The molecular formula is C28H48O5. The molecule has 0 saturated heterocycles. The summed E-state index contributed by atoms with van der Waals surface area (Å²) in [7, 11) is 0. The second kappa shape index (κ2) is 8.57. The Bertz CT molecular complexity index is 753. The predicted molar refractivity (Wildman–Crippen MR) is 128 cm³/mol. The van der Waals surface area contributed by atoms with Crippen LogP contribution in [-0.2, 0) is 4.79 Å². The smallest absolute Gasteiger partial charge is 0.144 e. The molecule has 0 aromatic rings. The molecule has 4 N–H and O–H groups in total. The number of hydrogen-bond donors (Lipinski definition) is 4. The van der Waals surface area contributed by atoms with E-state index in [4.69, 9.17) is 0 Å². The van der Waals surface area contributed by atoms with E-state index in [1.165, 1.54) is 12.8 Å². The molecule has 0 spiro atoms. The van der Waals surface area contributed by atoms with Gasteiger partial charge in [0.2, 0.25) is 0 Å². The zero-order valence-corrected chi connectivity index (χ0v) is 21.6. The molecule has 4 rings (SSSR count). The van der Waals surface area contributed by atoms with E-state index in [-0.39, 0.29) is 35.9 Å². The number of aliphatic hydroxyl groups is 4. The van der Waals surface area contributed by atoms with Crippen molar-refractivity contribution in [3.05, 3.63) is 0 Å². The first kappa shape index (κ1) is 25.6. The molecule has 0 bridgehead atoms. The molecule has 0 heterocycles. The van der Waals surface area contributed by atoms with Crippen molar-refractivity contribution < 1.29 is 25.2 Å². The van der Waals surface area contributed by atoms with E-state index in [1.807, 2.05) is 0 Å². The molecule has 4 saturated carbocycles. The maximum Gasteiger partial charge on any atom is 0.144 e. The first-order chi connectivity index (χ1) is 15.3. The normalized spacial score (nSPS) is 51.6. The predicted octanol–water partition coefficient (Wildman–Crippen LogP) is 3.95. The summed E-state index contributed by atoms with van der Waals surface area (Å²) in [5, 5.41) is 44.6. The third-order valence-corrected chi connectivity index (χ3v) is 11.6. The minimum atomic E-state index is -1.67.